The van der Waals surface area contributed by atoms with Gasteiger partial charge in [0.15, 0.2) is 0 Å². The van der Waals surface area contributed by atoms with Gasteiger partial charge >= 0.3 is 5.97 Å². The molecule has 1 aromatic heterocycles. The first-order chi connectivity index (χ1) is 6.09. The SMILES string of the molecule is CC(CC(=O)O)c1ccnc(N)n1. The van der Waals surface area contributed by atoms with Gasteiger partial charge in [0, 0.05) is 17.8 Å². The van der Waals surface area contributed by atoms with Crippen molar-refractivity contribution in [3.8, 4) is 0 Å². The lowest BCUT2D eigenvalue weighted by Gasteiger charge is -2.07. The van der Waals surface area contributed by atoms with Crippen LogP contribution in [0.4, 0.5) is 5.95 Å². The first-order valence-corrected chi connectivity index (χ1v) is 3.90. The van der Waals surface area contributed by atoms with E-state index in [1.807, 2.05) is 0 Å². The molecule has 0 aliphatic carbocycles. The zero-order valence-corrected chi connectivity index (χ0v) is 7.27. The fourth-order valence-electron chi connectivity index (χ4n) is 1.03. The van der Waals surface area contributed by atoms with Crippen LogP contribution in [0, 0.1) is 0 Å². The lowest BCUT2D eigenvalue weighted by Crippen LogP contribution is -2.06. The summed E-state index contributed by atoms with van der Waals surface area (Å²) in [6, 6.07) is 1.67. The number of aliphatic carboxylic acids is 1. The molecule has 0 spiro atoms. The predicted octanol–water partition coefficient (Wildman–Crippen LogP) is 0.637. The van der Waals surface area contributed by atoms with Crippen LogP contribution in [0.5, 0.6) is 0 Å². The molecule has 1 rings (SSSR count). The molecule has 0 bridgehead atoms. The zero-order chi connectivity index (χ0) is 9.84. The third-order valence-electron chi connectivity index (χ3n) is 1.68. The smallest absolute Gasteiger partial charge is 0.304 e. The van der Waals surface area contributed by atoms with Crippen LogP contribution in [0.25, 0.3) is 0 Å². The van der Waals surface area contributed by atoms with E-state index in [1.54, 1.807) is 13.0 Å². The van der Waals surface area contributed by atoms with Crippen LogP contribution in [0.3, 0.4) is 0 Å². The minimum absolute atomic E-state index is 0.0520. The minimum atomic E-state index is -0.843. The van der Waals surface area contributed by atoms with E-state index in [4.69, 9.17) is 10.8 Å². The van der Waals surface area contributed by atoms with E-state index < -0.39 is 5.97 Å². The van der Waals surface area contributed by atoms with Crippen molar-refractivity contribution in [3.63, 3.8) is 0 Å². The number of hydrogen-bond donors (Lipinski definition) is 2. The number of hydrogen-bond acceptors (Lipinski definition) is 4. The molecule has 1 unspecified atom stereocenters. The molecule has 1 aromatic rings. The van der Waals surface area contributed by atoms with Crippen LogP contribution < -0.4 is 5.73 Å². The molecule has 1 heterocycles. The number of nitrogen functional groups attached to an aromatic ring is 1. The largest absolute Gasteiger partial charge is 0.481 e. The first-order valence-electron chi connectivity index (χ1n) is 3.90. The van der Waals surface area contributed by atoms with Gasteiger partial charge in [-0.05, 0) is 6.07 Å². The summed E-state index contributed by atoms with van der Waals surface area (Å²) in [5.41, 5.74) is 6.02. The summed E-state index contributed by atoms with van der Waals surface area (Å²) < 4.78 is 0. The van der Waals surface area contributed by atoms with Gasteiger partial charge in [-0.15, -0.1) is 0 Å². The second kappa shape index (κ2) is 3.84. The van der Waals surface area contributed by atoms with Gasteiger partial charge < -0.3 is 10.8 Å². The molecule has 0 saturated heterocycles. The van der Waals surface area contributed by atoms with E-state index >= 15 is 0 Å². The summed E-state index contributed by atoms with van der Waals surface area (Å²) >= 11 is 0. The van der Waals surface area contributed by atoms with Gasteiger partial charge in [0.05, 0.1) is 6.42 Å². The van der Waals surface area contributed by atoms with Crippen molar-refractivity contribution >= 4 is 11.9 Å². The number of aromatic nitrogens is 2. The number of anilines is 1. The van der Waals surface area contributed by atoms with Gasteiger partial charge in [-0.25, -0.2) is 9.97 Å². The number of nitrogens with two attached hydrogens (primary N) is 1. The van der Waals surface area contributed by atoms with E-state index in [0.717, 1.165) is 0 Å². The summed E-state index contributed by atoms with van der Waals surface area (Å²) in [6.07, 6.45) is 1.58. The van der Waals surface area contributed by atoms with Gasteiger partial charge in [0.1, 0.15) is 0 Å². The Labute approximate surface area is 75.6 Å². The third kappa shape index (κ3) is 2.70. The molecule has 0 saturated carbocycles. The maximum atomic E-state index is 10.4. The van der Waals surface area contributed by atoms with Crippen LogP contribution in [0.2, 0.25) is 0 Å². The fourth-order valence-corrected chi connectivity index (χ4v) is 1.03. The molecule has 0 aliphatic rings. The van der Waals surface area contributed by atoms with Crippen LogP contribution in [-0.4, -0.2) is 21.0 Å². The number of carbonyl (C=O) groups is 1. The lowest BCUT2D eigenvalue weighted by molar-refractivity contribution is -0.137. The second-order valence-corrected chi connectivity index (χ2v) is 2.84. The Bertz CT molecular complexity index is 314. The molecule has 5 nitrogen and oxygen atoms in total. The van der Waals surface area contributed by atoms with Crippen molar-refractivity contribution in [3.05, 3.63) is 18.0 Å². The average molecular weight is 181 g/mol. The van der Waals surface area contributed by atoms with Crippen LogP contribution in [0.1, 0.15) is 25.0 Å². The van der Waals surface area contributed by atoms with E-state index in [9.17, 15) is 4.79 Å². The predicted molar refractivity (Wildman–Crippen MR) is 47.1 cm³/mol. The molecule has 0 radical (unpaired) electrons. The Morgan fingerprint density at radius 1 is 1.77 bits per heavy atom. The number of carboxylic acid groups (broad SMARTS) is 1. The summed E-state index contributed by atoms with van der Waals surface area (Å²) in [5.74, 6) is -0.803. The maximum Gasteiger partial charge on any atom is 0.304 e. The molecule has 0 amide bonds. The van der Waals surface area contributed by atoms with E-state index in [2.05, 4.69) is 9.97 Å². The highest BCUT2D eigenvalue weighted by molar-refractivity contribution is 5.67. The topological polar surface area (TPSA) is 89.1 Å². The fraction of sp³-hybridized carbons (Fsp3) is 0.375. The number of carboxylic acids is 1. The van der Waals surface area contributed by atoms with E-state index in [0.29, 0.717) is 5.69 Å². The molecule has 0 aromatic carbocycles. The van der Waals surface area contributed by atoms with Crippen molar-refractivity contribution in [2.45, 2.75) is 19.3 Å². The monoisotopic (exact) mass is 181 g/mol. The molecule has 0 aliphatic heterocycles. The molecule has 13 heavy (non-hydrogen) atoms. The van der Waals surface area contributed by atoms with Gasteiger partial charge in [-0.1, -0.05) is 6.92 Å². The van der Waals surface area contributed by atoms with Crippen LogP contribution in [-0.2, 0) is 4.79 Å². The van der Waals surface area contributed by atoms with Gasteiger partial charge in [0.25, 0.3) is 0 Å². The Morgan fingerprint density at radius 2 is 2.46 bits per heavy atom. The van der Waals surface area contributed by atoms with Crippen LogP contribution in [0.15, 0.2) is 12.3 Å². The molecule has 70 valence electrons. The van der Waals surface area contributed by atoms with Crippen molar-refractivity contribution in [2.24, 2.45) is 0 Å². The van der Waals surface area contributed by atoms with E-state index in [-0.39, 0.29) is 18.3 Å². The Balaban J connectivity index is 2.76. The first kappa shape index (κ1) is 9.44. The highest BCUT2D eigenvalue weighted by atomic mass is 16.4. The van der Waals surface area contributed by atoms with Gasteiger partial charge in [-0.2, -0.15) is 0 Å². The van der Waals surface area contributed by atoms with Crippen molar-refractivity contribution < 1.29 is 9.90 Å². The third-order valence-corrected chi connectivity index (χ3v) is 1.68. The Morgan fingerprint density at radius 3 is 3.00 bits per heavy atom. The van der Waals surface area contributed by atoms with E-state index in [1.165, 1.54) is 6.20 Å². The zero-order valence-electron chi connectivity index (χ0n) is 7.27. The van der Waals surface area contributed by atoms with Gasteiger partial charge in [-0.3, -0.25) is 4.79 Å². The molecule has 5 heteroatoms. The molecule has 1 atom stereocenters. The highest BCUT2D eigenvalue weighted by Gasteiger charge is 2.11. The summed E-state index contributed by atoms with van der Waals surface area (Å²) in [6.45, 7) is 1.79. The van der Waals surface area contributed by atoms with Crippen molar-refractivity contribution in [1.82, 2.24) is 9.97 Å². The maximum absolute atomic E-state index is 10.4. The average Bonchev–Trinajstić information content (AvgIpc) is 2.03. The summed E-state index contributed by atoms with van der Waals surface area (Å²) in [4.78, 5) is 18.0. The van der Waals surface area contributed by atoms with Crippen molar-refractivity contribution in [1.29, 1.82) is 0 Å². The van der Waals surface area contributed by atoms with Crippen LogP contribution >= 0.6 is 0 Å². The number of nitrogens with zero attached hydrogens (tertiary/aromatic N) is 2. The summed E-state index contributed by atoms with van der Waals surface area (Å²) in [7, 11) is 0. The highest BCUT2D eigenvalue weighted by Crippen LogP contribution is 2.16. The lowest BCUT2D eigenvalue weighted by atomic mass is 10.0. The molecular weight excluding hydrogens is 170 g/mol. The standard InChI is InChI=1S/C8H11N3O2/c1-5(4-7(12)13)6-2-3-10-8(9)11-6/h2-3,5H,4H2,1H3,(H,12,13)(H2,9,10,11). The minimum Gasteiger partial charge on any atom is -0.481 e. The molecule has 0 fully saturated rings. The molecule has 3 N–H and O–H groups in total. The van der Waals surface area contributed by atoms with Gasteiger partial charge in [0.2, 0.25) is 5.95 Å². The van der Waals surface area contributed by atoms with Crippen molar-refractivity contribution in [2.75, 3.05) is 5.73 Å². The Hall–Kier alpha value is -1.65. The number of rotatable bonds is 3. The Kier molecular flexibility index (Phi) is 2.79. The molecular formula is C8H11N3O2. The normalized spacial score (nSPS) is 12.4. The summed E-state index contributed by atoms with van der Waals surface area (Å²) in [5, 5.41) is 8.54. The second-order valence-electron chi connectivity index (χ2n) is 2.84. The quantitative estimate of drug-likeness (QED) is 0.714.